The number of hydrogen-bond donors (Lipinski definition) is 0. The van der Waals surface area contributed by atoms with E-state index in [1.807, 2.05) is 29.2 Å². The van der Waals surface area contributed by atoms with Gasteiger partial charge in [-0.1, -0.05) is 0 Å². The van der Waals surface area contributed by atoms with Crippen molar-refractivity contribution in [2.75, 3.05) is 49.1 Å². The summed E-state index contributed by atoms with van der Waals surface area (Å²) in [6.45, 7) is 5.05. The van der Waals surface area contributed by atoms with Gasteiger partial charge in [0.15, 0.2) is 0 Å². The Hall–Kier alpha value is -2.63. The van der Waals surface area contributed by atoms with Gasteiger partial charge < -0.3 is 14.7 Å². The van der Waals surface area contributed by atoms with Crippen LogP contribution in [0.25, 0.3) is 0 Å². The minimum Gasteiger partial charge on any atom is -0.370 e. The lowest BCUT2D eigenvalue weighted by Gasteiger charge is -2.26. The number of halogens is 1. The Kier molecular flexibility index (Phi) is 5.23. The van der Waals surface area contributed by atoms with Gasteiger partial charge in [-0.15, -0.1) is 0 Å². The predicted octanol–water partition coefficient (Wildman–Crippen LogP) is 3.17. The van der Waals surface area contributed by atoms with Gasteiger partial charge in [-0.25, -0.2) is 9.37 Å². The van der Waals surface area contributed by atoms with Crippen molar-refractivity contribution in [1.29, 1.82) is 0 Å². The van der Waals surface area contributed by atoms with Crippen LogP contribution in [0.15, 0.2) is 42.6 Å². The number of carbonyl (C=O) groups excluding carboxylic acids is 1. The van der Waals surface area contributed by atoms with Crippen LogP contribution in [0.4, 0.5) is 15.9 Å². The molecule has 4 rings (SSSR count). The minimum absolute atomic E-state index is 0.0928. The molecule has 1 amide bonds. The van der Waals surface area contributed by atoms with E-state index in [0.717, 1.165) is 70.0 Å². The van der Waals surface area contributed by atoms with Crippen LogP contribution < -0.4 is 9.80 Å². The van der Waals surface area contributed by atoms with Crippen molar-refractivity contribution >= 4 is 17.4 Å². The Labute approximate surface area is 159 Å². The van der Waals surface area contributed by atoms with Crippen molar-refractivity contribution in [3.05, 3.63) is 54.0 Å². The Morgan fingerprint density at radius 3 is 2.33 bits per heavy atom. The molecule has 2 aromatic rings. The van der Waals surface area contributed by atoms with Crippen molar-refractivity contribution in [3.8, 4) is 0 Å². The lowest BCUT2D eigenvalue weighted by atomic mass is 10.2. The average Bonchev–Trinajstić information content (AvgIpc) is 3.13. The molecule has 27 heavy (non-hydrogen) atoms. The van der Waals surface area contributed by atoms with Crippen molar-refractivity contribution in [1.82, 2.24) is 9.88 Å². The first-order valence-corrected chi connectivity index (χ1v) is 9.72. The van der Waals surface area contributed by atoms with Crippen molar-refractivity contribution in [2.45, 2.75) is 19.3 Å². The van der Waals surface area contributed by atoms with Crippen LogP contribution >= 0.6 is 0 Å². The van der Waals surface area contributed by atoms with Gasteiger partial charge in [-0.3, -0.25) is 4.79 Å². The minimum atomic E-state index is -0.214. The number of likely N-dealkylation sites (tertiary alicyclic amines) is 1. The molecule has 5 nitrogen and oxygen atoms in total. The number of nitrogens with zero attached hydrogens (tertiary/aromatic N) is 4. The Bertz CT molecular complexity index is 789. The first kappa shape index (κ1) is 17.8. The van der Waals surface area contributed by atoms with Gasteiger partial charge in [0.1, 0.15) is 11.6 Å². The zero-order valence-corrected chi connectivity index (χ0v) is 15.5. The summed E-state index contributed by atoms with van der Waals surface area (Å²) in [6.07, 6.45) is 4.89. The fourth-order valence-corrected chi connectivity index (χ4v) is 3.95. The molecular formula is C21H25FN4O. The summed E-state index contributed by atoms with van der Waals surface area (Å²) in [5.74, 6) is 0.666. The Balaban J connectivity index is 1.51. The molecule has 2 aliphatic heterocycles. The molecule has 0 atom stereocenters. The average molecular weight is 368 g/mol. The van der Waals surface area contributed by atoms with Crippen molar-refractivity contribution in [3.63, 3.8) is 0 Å². The summed E-state index contributed by atoms with van der Waals surface area (Å²) in [5.41, 5.74) is 1.74. The van der Waals surface area contributed by atoms with Gasteiger partial charge in [0.25, 0.3) is 5.91 Å². The number of benzene rings is 1. The van der Waals surface area contributed by atoms with E-state index in [1.165, 1.54) is 12.1 Å². The van der Waals surface area contributed by atoms with Gasteiger partial charge in [0.05, 0.1) is 5.56 Å². The fourth-order valence-electron chi connectivity index (χ4n) is 3.95. The zero-order valence-electron chi connectivity index (χ0n) is 15.5. The van der Waals surface area contributed by atoms with Crippen LogP contribution in [-0.2, 0) is 0 Å². The van der Waals surface area contributed by atoms with Crippen LogP contribution in [0.5, 0.6) is 0 Å². The van der Waals surface area contributed by atoms with Gasteiger partial charge in [0.2, 0.25) is 0 Å². The quantitative estimate of drug-likeness (QED) is 0.834. The second-order valence-corrected chi connectivity index (χ2v) is 7.18. The zero-order chi connectivity index (χ0) is 18.6. The van der Waals surface area contributed by atoms with Crippen LogP contribution in [0, 0.1) is 5.82 Å². The molecular weight excluding hydrogens is 343 g/mol. The summed E-state index contributed by atoms with van der Waals surface area (Å²) in [4.78, 5) is 23.9. The summed E-state index contributed by atoms with van der Waals surface area (Å²) in [7, 11) is 0. The van der Waals surface area contributed by atoms with E-state index in [2.05, 4.69) is 14.8 Å². The van der Waals surface area contributed by atoms with E-state index in [9.17, 15) is 9.18 Å². The van der Waals surface area contributed by atoms with E-state index in [0.29, 0.717) is 5.56 Å². The van der Waals surface area contributed by atoms with Crippen LogP contribution in [0.1, 0.15) is 29.6 Å². The van der Waals surface area contributed by atoms with Crippen LogP contribution in [-0.4, -0.2) is 55.1 Å². The van der Waals surface area contributed by atoms with E-state index in [1.54, 1.807) is 6.20 Å². The van der Waals surface area contributed by atoms with Crippen LogP contribution in [0.2, 0.25) is 0 Å². The second-order valence-electron chi connectivity index (χ2n) is 7.18. The smallest absolute Gasteiger partial charge is 0.257 e. The molecule has 0 radical (unpaired) electrons. The van der Waals surface area contributed by atoms with E-state index < -0.39 is 0 Å². The second kappa shape index (κ2) is 7.94. The molecule has 3 heterocycles. The normalized spacial score (nSPS) is 17.9. The van der Waals surface area contributed by atoms with E-state index in [-0.39, 0.29) is 11.7 Å². The van der Waals surface area contributed by atoms with E-state index >= 15 is 0 Å². The van der Waals surface area contributed by atoms with Crippen molar-refractivity contribution in [2.24, 2.45) is 0 Å². The highest BCUT2D eigenvalue weighted by atomic mass is 19.1. The summed E-state index contributed by atoms with van der Waals surface area (Å²) >= 11 is 0. The van der Waals surface area contributed by atoms with E-state index in [4.69, 9.17) is 0 Å². The lowest BCUT2D eigenvalue weighted by molar-refractivity contribution is 0.0793. The molecule has 142 valence electrons. The standard InChI is InChI=1S/C21H25FN4O/c22-17-6-8-18(9-7-17)24-13-4-14-25(16-15-24)20-19(5-3-10-23-20)21(27)26-11-1-2-12-26/h3,5-10H,1-2,4,11-16H2. The maximum absolute atomic E-state index is 13.2. The highest BCUT2D eigenvalue weighted by molar-refractivity contribution is 5.99. The number of anilines is 2. The third-order valence-corrected chi connectivity index (χ3v) is 5.40. The summed E-state index contributed by atoms with van der Waals surface area (Å²) in [5, 5.41) is 0. The number of hydrogen-bond acceptors (Lipinski definition) is 4. The van der Waals surface area contributed by atoms with Gasteiger partial charge in [-0.05, 0) is 55.7 Å². The maximum atomic E-state index is 13.2. The maximum Gasteiger partial charge on any atom is 0.257 e. The molecule has 2 aliphatic rings. The first-order valence-electron chi connectivity index (χ1n) is 9.72. The molecule has 1 aromatic carbocycles. The summed E-state index contributed by atoms with van der Waals surface area (Å²) in [6, 6.07) is 10.4. The number of carbonyl (C=O) groups is 1. The van der Waals surface area contributed by atoms with Crippen molar-refractivity contribution < 1.29 is 9.18 Å². The first-order chi connectivity index (χ1) is 13.2. The number of amides is 1. The monoisotopic (exact) mass is 368 g/mol. The SMILES string of the molecule is O=C(c1cccnc1N1CCCN(c2ccc(F)cc2)CC1)N1CCCC1. The van der Waals surface area contributed by atoms with Gasteiger partial charge in [-0.2, -0.15) is 0 Å². The third-order valence-electron chi connectivity index (χ3n) is 5.40. The number of aromatic nitrogens is 1. The largest absolute Gasteiger partial charge is 0.370 e. The lowest BCUT2D eigenvalue weighted by Crippen LogP contribution is -2.34. The molecule has 6 heteroatoms. The third kappa shape index (κ3) is 3.89. The molecule has 0 N–H and O–H groups in total. The Morgan fingerprint density at radius 2 is 1.56 bits per heavy atom. The molecule has 0 bridgehead atoms. The number of pyridine rings is 1. The topological polar surface area (TPSA) is 39.7 Å². The van der Waals surface area contributed by atoms with Gasteiger partial charge in [0, 0.05) is 51.2 Å². The highest BCUT2D eigenvalue weighted by Crippen LogP contribution is 2.24. The molecule has 2 saturated heterocycles. The van der Waals surface area contributed by atoms with Crippen LogP contribution in [0.3, 0.4) is 0 Å². The molecule has 0 spiro atoms. The molecule has 0 saturated carbocycles. The highest BCUT2D eigenvalue weighted by Gasteiger charge is 2.25. The summed E-state index contributed by atoms with van der Waals surface area (Å²) < 4.78 is 13.2. The molecule has 2 fully saturated rings. The number of rotatable bonds is 3. The predicted molar refractivity (Wildman–Crippen MR) is 105 cm³/mol. The fraction of sp³-hybridized carbons (Fsp3) is 0.429. The van der Waals surface area contributed by atoms with Gasteiger partial charge >= 0.3 is 0 Å². The Morgan fingerprint density at radius 1 is 0.852 bits per heavy atom. The molecule has 0 aliphatic carbocycles. The molecule has 0 unspecified atom stereocenters. The molecule has 1 aromatic heterocycles.